The molecular weight excluding hydrogens is 262 g/mol. The van der Waals surface area contributed by atoms with Crippen molar-refractivity contribution in [2.75, 3.05) is 12.8 Å². The number of ether oxygens (including phenoxy) is 1. The molecule has 0 atom stereocenters. The SMILES string of the molecule is COc1ccc(N)c(-c2nc3ccccc3n2C2CC2)c1. The van der Waals surface area contributed by atoms with E-state index in [1.165, 1.54) is 18.4 Å². The molecule has 1 aromatic heterocycles. The highest BCUT2D eigenvalue weighted by Gasteiger charge is 2.29. The third-order valence-electron chi connectivity index (χ3n) is 4.01. The second-order valence-electron chi connectivity index (χ2n) is 5.48. The number of para-hydroxylation sites is 2. The molecule has 1 heterocycles. The summed E-state index contributed by atoms with van der Waals surface area (Å²) in [5.41, 5.74) is 10.0. The maximum Gasteiger partial charge on any atom is 0.143 e. The molecule has 1 fully saturated rings. The van der Waals surface area contributed by atoms with Gasteiger partial charge in [-0.05, 0) is 43.2 Å². The lowest BCUT2D eigenvalue weighted by atomic mass is 10.1. The minimum absolute atomic E-state index is 0.540. The van der Waals surface area contributed by atoms with Gasteiger partial charge in [0.2, 0.25) is 0 Å². The second kappa shape index (κ2) is 4.52. The Hall–Kier alpha value is -2.49. The number of nitrogens with zero attached hydrogens (tertiary/aromatic N) is 2. The van der Waals surface area contributed by atoms with Gasteiger partial charge in [-0.25, -0.2) is 4.98 Å². The summed E-state index contributed by atoms with van der Waals surface area (Å²) in [6.45, 7) is 0. The van der Waals surface area contributed by atoms with Gasteiger partial charge in [0.05, 0.1) is 18.1 Å². The van der Waals surface area contributed by atoms with Crippen LogP contribution in [0.1, 0.15) is 18.9 Å². The zero-order chi connectivity index (χ0) is 14.4. The van der Waals surface area contributed by atoms with E-state index in [1.54, 1.807) is 7.11 Å². The van der Waals surface area contributed by atoms with Gasteiger partial charge in [-0.3, -0.25) is 0 Å². The largest absolute Gasteiger partial charge is 0.497 e. The van der Waals surface area contributed by atoms with Crippen LogP contribution in [0.25, 0.3) is 22.4 Å². The van der Waals surface area contributed by atoms with Crippen molar-refractivity contribution in [3.8, 4) is 17.1 Å². The number of imidazole rings is 1. The number of hydrogen-bond donors (Lipinski definition) is 1. The number of nitrogen functional groups attached to an aromatic ring is 1. The van der Waals surface area contributed by atoms with Crippen LogP contribution in [0.2, 0.25) is 0 Å². The lowest BCUT2D eigenvalue weighted by molar-refractivity contribution is 0.415. The molecule has 4 heteroatoms. The number of rotatable bonds is 3. The van der Waals surface area contributed by atoms with E-state index in [0.717, 1.165) is 28.3 Å². The van der Waals surface area contributed by atoms with Crippen LogP contribution in [0.5, 0.6) is 5.75 Å². The fraction of sp³-hybridized carbons (Fsp3) is 0.235. The van der Waals surface area contributed by atoms with E-state index < -0.39 is 0 Å². The monoisotopic (exact) mass is 279 g/mol. The highest BCUT2D eigenvalue weighted by molar-refractivity contribution is 5.84. The van der Waals surface area contributed by atoms with Crippen LogP contribution >= 0.6 is 0 Å². The number of benzene rings is 2. The smallest absolute Gasteiger partial charge is 0.143 e. The molecule has 1 aliphatic rings. The van der Waals surface area contributed by atoms with Gasteiger partial charge < -0.3 is 15.0 Å². The lowest BCUT2D eigenvalue weighted by Gasteiger charge is -2.11. The molecule has 2 aromatic carbocycles. The van der Waals surface area contributed by atoms with Gasteiger partial charge in [0, 0.05) is 17.3 Å². The Kier molecular flexibility index (Phi) is 2.64. The number of anilines is 1. The maximum atomic E-state index is 6.18. The van der Waals surface area contributed by atoms with E-state index in [-0.39, 0.29) is 0 Å². The predicted molar refractivity (Wildman–Crippen MR) is 84.4 cm³/mol. The van der Waals surface area contributed by atoms with Gasteiger partial charge in [0.15, 0.2) is 0 Å². The normalized spacial score (nSPS) is 14.5. The third-order valence-corrected chi connectivity index (χ3v) is 4.01. The molecule has 2 N–H and O–H groups in total. The summed E-state index contributed by atoms with van der Waals surface area (Å²) < 4.78 is 7.65. The molecule has 0 aliphatic heterocycles. The van der Waals surface area contributed by atoms with Crippen LogP contribution in [0.15, 0.2) is 42.5 Å². The van der Waals surface area contributed by atoms with Gasteiger partial charge >= 0.3 is 0 Å². The maximum absolute atomic E-state index is 6.18. The number of hydrogen-bond acceptors (Lipinski definition) is 3. The van der Waals surface area contributed by atoms with Gasteiger partial charge in [-0.1, -0.05) is 12.1 Å². The van der Waals surface area contributed by atoms with Crippen LogP contribution < -0.4 is 10.5 Å². The van der Waals surface area contributed by atoms with Crippen LogP contribution in [0, 0.1) is 0 Å². The van der Waals surface area contributed by atoms with Crippen molar-refractivity contribution in [2.45, 2.75) is 18.9 Å². The van der Waals surface area contributed by atoms with Crippen LogP contribution in [0.3, 0.4) is 0 Å². The molecule has 1 saturated carbocycles. The predicted octanol–water partition coefficient (Wildman–Crippen LogP) is 3.63. The molecule has 0 bridgehead atoms. The molecule has 0 unspecified atom stereocenters. The first-order valence-corrected chi connectivity index (χ1v) is 7.19. The summed E-state index contributed by atoms with van der Waals surface area (Å²) >= 11 is 0. The summed E-state index contributed by atoms with van der Waals surface area (Å²) in [7, 11) is 1.67. The van der Waals surface area contributed by atoms with E-state index in [2.05, 4.69) is 16.7 Å². The second-order valence-corrected chi connectivity index (χ2v) is 5.48. The molecule has 0 spiro atoms. The summed E-state index contributed by atoms with van der Waals surface area (Å²) in [6.07, 6.45) is 2.41. The number of methoxy groups -OCH3 is 1. The third kappa shape index (κ3) is 1.95. The minimum atomic E-state index is 0.540. The van der Waals surface area contributed by atoms with Crippen molar-refractivity contribution in [3.63, 3.8) is 0 Å². The van der Waals surface area contributed by atoms with E-state index >= 15 is 0 Å². The van der Waals surface area contributed by atoms with Crippen LogP contribution in [-0.4, -0.2) is 16.7 Å². The first-order valence-electron chi connectivity index (χ1n) is 7.19. The Morgan fingerprint density at radius 2 is 2.00 bits per heavy atom. The zero-order valence-electron chi connectivity index (χ0n) is 11.9. The topological polar surface area (TPSA) is 53.1 Å². The lowest BCUT2D eigenvalue weighted by Crippen LogP contribution is -2.00. The molecule has 106 valence electrons. The van der Waals surface area contributed by atoms with E-state index in [4.69, 9.17) is 15.5 Å². The van der Waals surface area contributed by atoms with Gasteiger partial charge in [-0.2, -0.15) is 0 Å². The standard InChI is InChI=1S/C17H17N3O/c1-21-12-8-9-14(18)13(10-12)17-19-15-4-2-3-5-16(15)20(17)11-6-7-11/h2-5,8-11H,6-7,18H2,1H3. The van der Waals surface area contributed by atoms with Crippen molar-refractivity contribution in [1.82, 2.24) is 9.55 Å². The fourth-order valence-electron chi connectivity index (χ4n) is 2.79. The molecule has 3 aromatic rings. The number of nitrogens with two attached hydrogens (primary N) is 1. The van der Waals surface area contributed by atoms with Crippen molar-refractivity contribution in [2.24, 2.45) is 0 Å². The highest BCUT2D eigenvalue weighted by Crippen LogP contribution is 2.42. The Morgan fingerprint density at radius 3 is 2.76 bits per heavy atom. The van der Waals surface area contributed by atoms with E-state index in [0.29, 0.717) is 6.04 Å². The Labute approximate surface area is 123 Å². The average molecular weight is 279 g/mol. The van der Waals surface area contributed by atoms with Crippen molar-refractivity contribution < 1.29 is 4.74 Å². The van der Waals surface area contributed by atoms with Crippen LogP contribution in [-0.2, 0) is 0 Å². The number of fused-ring (bicyclic) bond motifs is 1. The van der Waals surface area contributed by atoms with Gasteiger partial charge in [-0.15, -0.1) is 0 Å². The average Bonchev–Trinajstić information content (AvgIpc) is 3.28. The van der Waals surface area contributed by atoms with Crippen molar-refractivity contribution >= 4 is 16.7 Å². The summed E-state index contributed by atoms with van der Waals surface area (Å²) in [5.74, 6) is 1.74. The van der Waals surface area contributed by atoms with E-state index in [1.807, 2.05) is 30.3 Å². The van der Waals surface area contributed by atoms with Crippen LogP contribution in [0.4, 0.5) is 5.69 Å². The minimum Gasteiger partial charge on any atom is -0.497 e. The summed E-state index contributed by atoms with van der Waals surface area (Å²) in [5, 5.41) is 0. The van der Waals surface area contributed by atoms with Gasteiger partial charge in [0.1, 0.15) is 11.6 Å². The highest BCUT2D eigenvalue weighted by atomic mass is 16.5. The molecule has 0 amide bonds. The Bertz CT molecular complexity index is 818. The fourth-order valence-corrected chi connectivity index (χ4v) is 2.79. The molecule has 21 heavy (non-hydrogen) atoms. The first kappa shape index (κ1) is 12.3. The Balaban J connectivity index is 2.00. The van der Waals surface area contributed by atoms with Gasteiger partial charge in [0.25, 0.3) is 0 Å². The molecule has 4 rings (SSSR count). The summed E-state index contributed by atoms with van der Waals surface area (Å²) in [4.78, 5) is 4.81. The molecule has 1 aliphatic carbocycles. The molecule has 0 saturated heterocycles. The number of aromatic nitrogens is 2. The molecule has 4 nitrogen and oxygen atoms in total. The van der Waals surface area contributed by atoms with Crippen molar-refractivity contribution in [1.29, 1.82) is 0 Å². The molecular formula is C17H17N3O. The zero-order valence-corrected chi connectivity index (χ0v) is 11.9. The first-order chi connectivity index (χ1) is 10.3. The Morgan fingerprint density at radius 1 is 1.19 bits per heavy atom. The van der Waals surface area contributed by atoms with Crippen molar-refractivity contribution in [3.05, 3.63) is 42.5 Å². The van der Waals surface area contributed by atoms with E-state index in [9.17, 15) is 0 Å². The quantitative estimate of drug-likeness (QED) is 0.745. The summed E-state index contributed by atoms with van der Waals surface area (Å²) in [6, 6.07) is 14.5. The molecule has 0 radical (unpaired) electrons.